The SMILES string of the molecule is Cc1c(Nc2ccc(C(=O)N(C)C)c3c(Cl)cccc23)cccc1C(N)=O. The second kappa shape index (κ2) is 7.29. The van der Waals surface area contributed by atoms with Gasteiger partial charge in [-0.05, 0) is 42.8 Å². The van der Waals surface area contributed by atoms with Crippen molar-refractivity contribution in [1.29, 1.82) is 0 Å². The highest BCUT2D eigenvalue weighted by molar-refractivity contribution is 6.37. The van der Waals surface area contributed by atoms with Crippen molar-refractivity contribution in [2.45, 2.75) is 6.92 Å². The molecule has 3 rings (SSSR count). The van der Waals surface area contributed by atoms with Gasteiger partial charge >= 0.3 is 0 Å². The monoisotopic (exact) mass is 381 g/mol. The molecule has 0 aromatic heterocycles. The van der Waals surface area contributed by atoms with Crippen molar-refractivity contribution in [2.24, 2.45) is 5.73 Å². The molecule has 0 aliphatic carbocycles. The Labute approximate surface area is 162 Å². The Kier molecular flexibility index (Phi) is 5.06. The van der Waals surface area contributed by atoms with Crippen LogP contribution in [0.4, 0.5) is 11.4 Å². The number of nitrogens with two attached hydrogens (primary N) is 1. The number of nitrogens with one attached hydrogen (secondary N) is 1. The first-order valence-electron chi connectivity index (χ1n) is 8.40. The van der Waals surface area contributed by atoms with E-state index < -0.39 is 5.91 Å². The first-order valence-corrected chi connectivity index (χ1v) is 8.78. The predicted octanol–water partition coefficient (Wildman–Crippen LogP) is 4.35. The smallest absolute Gasteiger partial charge is 0.254 e. The number of hydrogen-bond donors (Lipinski definition) is 2. The van der Waals surface area contributed by atoms with E-state index in [2.05, 4.69) is 5.32 Å². The molecule has 0 radical (unpaired) electrons. The van der Waals surface area contributed by atoms with Crippen molar-refractivity contribution in [2.75, 3.05) is 19.4 Å². The van der Waals surface area contributed by atoms with E-state index in [9.17, 15) is 9.59 Å². The van der Waals surface area contributed by atoms with Crippen molar-refractivity contribution in [1.82, 2.24) is 4.90 Å². The molecule has 3 N–H and O–H groups in total. The number of benzene rings is 3. The van der Waals surface area contributed by atoms with Gasteiger partial charge in [0.25, 0.3) is 5.91 Å². The van der Waals surface area contributed by atoms with Crippen LogP contribution in [0.15, 0.2) is 48.5 Å². The number of nitrogens with zero attached hydrogens (tertiary/aromatic N) is 1. The van der Waals surface area contributed by atoms with E-state index in [1.54, 1.807) is 38.4 Å². The molecular formula is C21H20ClN3O2. The molecule has 2 amide bonds. The lowest BCUT2D eigenvalue weighted by Crippen LogP contribution is -2.22. The quantitative estimate of drug-likeness (QED) is 0.705. The number of hydrogen-bond acceptors (Lipinski definition) is 3. The van der Waals surface area contributed by atoms with E-state index in [1.807, 2.05) is 31.2 Å². The zero-order chi connectivity index (χ0) is 19.7. The van der Waals surface area contributed by atoms with Crippen molar-refractivity contribution in [3.8, 4) is 0 Å². The summed E-state index contributed by atoms with van der Waals surface area (Å²) in [6.07, 6.45) is 0. The Morgan fingerprint density at radius 3 is 2.33 bits per heavy atom. The Bertz CT molecular complexity index is 1060. The van der Waals surface area contributed by atoms with Gasteiger partial charge in [0.05, 0.1) is 0 Å². The summed E-state index contributed by atoms with van der Waals surface area (Å²) in [6.45, 7) is 1.83. The fourth-order valence-corrected chi connectivity index (χ4v) is 3.35. The summed E-state index contributed by atoms with van der Waals surface area (Å²) in [7, 11) is 3.41. The van der Waals surface area contributed by atoms with Crippen molar-refractivity contribution in [3.05, 3.63) is 70.2 Å². The van der Waals surface area contributed by atoms with Gasteiger partial charge in [-0.1, -0.05) is 29.8 Å². The van der Waals surface area contributed by atoms with E-state index in [0.717, 1.165) is 22.3 Å². The molecule has 138 valence electrons. The molecular weight excluding hydrogens is 362 g/mol. The van der Waals surface area contributed by atoms with E-state index in [1.165, 1.54) is 4.90 Å². The summed E-state index contributed by atoms with van der Waals surface area (Å²) in [4.78, 5) is 25.7. The molecule has 0 aliphatic heterocycles. The van der Waals surface area contributed by atoms with Crippen molar-refractivity contribution >= 4 is 45.6 Å². The number of carbonyl (C=O) groups is 2. The van der Waals surface area contributed by atoms with Gasteiger partial charge in [-0.2, -0.15) is 0 Å². The predicted molar refractivity (Wildman–Crippen MR) is 110 cm³/mol. The lowest BCUT2D eigenvalue weighted by atomic mass is 10.0. The lowest BCUT2D eigenvalue weighted by Gasteiger charge is -2.17. The number of primary amides is 1. The Hall–Kier alpha value is -3.05. The largest absolute Gasteiger partial charge is 0.366 e. The van der Waals surface area contributed by atoms with Gasteiger partial charge in [-0.3, -0.25) is 9.59 Å². The van der Waals surface area contributed by atoms with Gasteiger partial charge in [0.15, 0.2) is 0 Å². The minimum absolute atomic E-state index is 0.119. The van der Waals surface area contributed by atoms with Crippen LogP contribution in [0.2, 0.25) is 5.02 Å². The normalized spacial score (nSPS) is 10.7. The molecule has 0 saturated heterocycles. The Balaban J connectivity index is 2.17. The molecule has 0 heterocycles. The molecule has 6 heteroatoms. The summed E-state index contributed by atoms with van der Waals surface area (Å²) < 4.78 is 0. The average Bonchev–Trinajstić information content (AvgIpc) is 2.63. The van der Waals surface area contributed by atoms with Crippen molar-refractivity contribution in [3.63, 3.8) is 0 Å². The van der Waals surface area contributed by atoms with Gasteiger partial charge in [0.1, 0.15) is 0 Å². The van der Waals surface area contributed by atoms with Gasteiger partial charge in [-0.15, -0.1) is 0 Å². The third-order valence-corrected chi connectivity index (χ3v) is 4.81. The van der Waals surface area contributed by atoms with Gasteiger partial charge in [0, 0.05) is 52.4 Å². The van der Waals surface area contributed by atoms with E-state index in [0.29, 0.717) is 21.5 Å². The Morgan fingerprint density at radius 1 is 0.963 bits per heavy atom. The first-order chi connectivity index (χ1) is 12.8. The summed E-state index contributed by atoms with van der Waals surface area (Å²) in [6, 6.07) is 14.4. The fraction of sp³-hybridized carbons (Fsp3) is 0.143. The number of anilines is 2. The van der Waals surface area contributed by atoms with Gasteiger partial charge in [-0.25, -0.2) is 0 Å². The summed E-state index contributed by atoms with van der Waals surface area (Å²) in [5.41, 5.74) is 8.74. The Morgan fingerprint density at radius 2 is 1.67 bits per heavy atom. The molecule has 0 saturated carbocycles. The van der Waals surface area contributed by atoms with Crippen LogP contribution < -0.4 is 11.1 Å². The standard InChI is InChI=1S/C21H20ClN3O2/c1-12-13(20(23)26)6-5-9-17(12)24-18-11-10-15(21(27)25(2)3)19-14(18)7-4-8-16(19)22/h4-11,24H,1-3H3,(H2,23,26). The highest BCUT2D eigenvalue weighted by atomic mass is 35.5. The maximum Gasteiger partial charge on any atom is 0.254 e. The number of rotatable bonds is 4. The van der Waals surface area contributed by atoms with Crippen molar-refractivity contribution < 1.29 is 9.59 Å². The summed E-state index contributed by atoms with van der Waals surface area (Å²) >= 11 is 6.42. The van der Waals surface area contributed by atoms with Gasteiger partial charge in [0.2, 0.25) is 5.91 Å². The maximum absolute atomic E-state index is 12.5. The van der Waals surface area contributed by atoms with Crippen LogP contribution in [-0.4, -0.2) is 30.8 Å². The van der Waals surface area contributed by atoms with Crippen LogP contribution in [0, 0.1) is 6.92 Å². The van der Waals surface area contributed by atoms with Crippen LogP contribution in [-0.2, 0) is 0 Å². The van der Waals surface area contributed by atoms with E-state index >= 15 is 0 Å². The number of amides is 2. The van der Waals surface area contributed by atoms with Crippen LogP contribution >= 0.6 is 11.6 Å². The van der Waals surface area contributed by atoms with Gasteiger partial charge < -0.3 is 16.0 Å². The second-order valence-electron chi connectivity index (χ2n) is 6.49. The zero-order valence-electron chi connectivity index (χ0n) is 15.3. The molecule has 0 unspecified atom stereocenters. The fourth-order valence-electron chi connectivity index (χ4n) is 3.07. The number of halogens is 1. The molecule has 0 atom stereocenters. The number of fused-ring (bicyclic) bond motifs is 1. The second-order valence-corrected chi connectivity index (χ2v) is 6.90. The molecule has 0 fully saturated rings. The summed E-state index contributed by atoms with van der Waals surface area (Å²) in [5.74, 6) is -0.595. The van der Waals surface area contributed by atoms with E-state index in [4.69, 9.17) is 17.3 Å². The summed E-state index contributed by atoms with van der Waals surface area (Å²) in [5, 5.41) is 5.35. The molecule has 27 heavy (non-hydrogen) atoms. The van der Waals surface area contributed by atoms with Crippen LogP contribution in [0.1, 0.15) is 26.3 Å². The zero-order valence-corrected chi connectivity index (χ0v) is 16.1. The molecule has 3 aromatic rings. The van der Waals surface area contributed by atoms with Crippen LogP contribution in [0.3, 0.4) is 0 Å². The van der Waals surface area contributed by atoms with Crippen LogP contribution in [0.5, 0.6) is 0 Å². The minimum atomic E-state index is -0.476. The molecule has 0 bridgehead atoms. The van der Waals surface area contributed by atoms with E-state index in [-0.39, 0.29) is 5.91 Å². The highest BCUT2D eigenvalue weighted by Crippen LogP contribution is 2.35. The maximum atomic E-state index is 12.5. The molecule has 0 spiro atoms. The third kappa shape index (κ3) is 3.46. The highest BCUT2D eigenvalue weighted by Gasteiger charge is 2.17. The third-order valence-electron chi connectivity index (χ3n) is 4.49. The topological polar surface area (TPSA) is 75.4 Å². The molecule has 5 nitrogen and oxygen atoms in total. The molecule has 0 aliphatic rings. The first kappa shape index (κ1) is 18.7. The lowest BCUT2D eigenvalue weighted by molar-refractivity contribution is 0.0829. The average molecular weight is 382 g/mol. The number of carbonyl (C=O) groups excluding carboxylic acids is 2. The molecule has 3 aromatic carbocycles. The minimum Gasteiger partial charge on any atom is -0.366 e. The van der Waals surface area contributed by atoms with Crippen LogP contribution in [0.25, 0.3) is 10.8 Å².